The average molecular weight is 495 g/mol. The maximum Gasteiger partial charge on any atom is 0.408 e. The van der Waals surface area contributed by atoms with Crippen LogP contribution in [0.3, 0.4) is 0 Å². The number of nitrogens with one attached hydrogen (secondary N) is 1. The Labute approximate surface area is 216 Å². The third-order valence-electron chi connectivity index (χ3n) is 6.79. The first-order valence-corrected chi connectivity index (χ1v) is 12.4. The molecule has 5 rings (SSSR count). The summed E-state index contributed by atoms with van der Waals surface area (Å²) in [7, 11) is 1.55. The molecule has 37 heavy (non-hydrogen) atoms. The van der Waals surface area contributed by atoms with E-state index in [0.29, 0.717) is 17.0 Å². The first-order valence-electron chi connectivity index (χ1n) is 12.4. The van der Waals surface area contributed by atoms with E-state index < -0.39 is 17.2 Å². The summed E-state index contributed by atoms with van der Waals surface area (Å²) in [6, 6.07) is 22.2. The Kier molecular flexibility index (Phi) is 6.12. The van der Waals surface area contributed by atoms with Crippen LogP contribution in [0.1, 0.15) is 51.2 Å². The van der Waals surface area contributed by atoms with Gasteiger partial charge in [0.05, 0.1) is 24.0 Å². The highest BCUT2D eigenvalue weighted by Gasteiger charge is 2.41. The lowest BCUT2D eigenvalue weighted by atomic mass is 9.71. The maximum atomic E-state index is 12.6. The minimum absolute atomic E-state index is 0.389. The topological polar surface area (TPSA) is 88.7 Å². The fourth-order valence-corrected chi connectivity index (χ4v) is 4.90. The van der Waals surface area contributed by atoms with Gasteiger partial charge in [0.2, 0.25) is 0 Å². The highest BCUT2D eigenvalue weighted by molar-refractivity contribution is 5.84. The molecule has 7 nitrogen and oxygen atoms in total. The lowest BCUT2D eigenvalue weighted by Crippen LogP contribution is -2.52. The number of imidazole rings is 1. The number of pyridine rings is 1. The summed E-state index contributed by atoms with van der Waals surface area (Å²) in [5.74, 6) is 0.488. The highest BCUT2D eigenvalue weighted by Crippen LogP contribution is 2.43. The molecular weight excluding hydrogens is 464 g/mol. The minimum atomic E-state index is -0.555. The third kappa shape index (κ3) is 4.51. The van der Waals surface area contributed by atoms with Gasteiger partial charge in [0.15, 0.2) is 5.65 Å². The molecule has 1 N–H and O–H groups in total. The highest BCUT2D eigenvalue weighted by atomic mass is 16.6. The van der Waals surface area contributed by atoms with E-state index >= 15 is 0 Å². The van der Waals surface area contributed by atoms with Crippen LogP contribution in [0, 0.1) is 11.3 Å². The largest absolute Gasteiger partial charge is 0.495 e. The number of carbonyl (C=O) groups excluding carboxylic acids is 1. The van der Waals surface area contributed by atoms with Gasteiger partial charge in [-0.2, -0.15) is 5.26 Å². The molecular formula is C30H30N4O3. The monoisotopic (exact) mass is 494 g/mol. The molecule has 0 radical (unpaired) electrons. The summed E-state index contributed by atoms with van der Waals surface area (Å²) >= 11 is 0. The van der Waals surface area contributed by atoms with Crippen LogP contribution in [0.2, 0.25) is 0 Å². The number of benzene rings is 2. The molecule has 1 amide bonds. The number of hydrogen-bond donors (Lipinski definition) is 1. The van der Waals surface area contributed by atoms with Crippen molar-refractivity contribution >= 4 is 11.7 Å². The molecule has 188 valence electrons. The number of ether oxygens (including phenoxy) is 2. The van der Waals surface area contributed by atoms with Crippen molar-refractivity contribution < 1.29 is 14.3 Å². The van der Waals surface area contributed by atoms with E-state index in [0.717, 1.165) is 47.3 Å². The van der Waals surface area contributed by atoms with Gasteiger partial charge >= 0.3 is 6.09 Å². The van der Waals surface area contributed by atoms with Crippen molar-refractivity contribution in [2.24, 2.45) is 0 Å². The Morgan fingerprint density at radius 3 is 2.32 bits per heavy atom. The molecule has 0 spiro atoms. The second kappa shape index (κ2) is 9.29. The molecule has 2 heterocycles. The summed E-state index contributed by atoms with van der Waals surface area (Å²) in [5.41, 5.74) is 4.56. The number of carbonyl (C=O) groups is 1. The van der Waals surface area contributed by atoms with E-state index in [1.165, 1.54) is 0 Å². The number of alkyl carbamates (subject to hydrolysis) is 1. The molecule has 1 saturated carbocycles. The zero-order chi connectivity index (χ0) is 26.2. The first-order chi connectivity index (χ1) is 17.7. The van der Waals surface area contributed by atoms with Crippen molar-refractivity contribution in [2.45, 2.75) is 51.2 Å². The van der Waals surface area contributed by atoms with E-state index in [2.05, 4.69) is 23.5 Å². The van der Waals surface area contributed by atoms with E-state index in [1.54, 1.807) is 13.2 Å². The second-order valence-electron chi connectivity index (χ2n) is 10.4. The normalized spacial score (nSPS) is 14.5. The van der Waals surface area contributed by atoms with Crippen LogP contribution in [0.5, 0.6) is 5.75 Å². The van der Waals surface area contributed by atoms with Gasteiger partial charge in [0.1, 0.15) is 23.0 Å². The van der Waals surface area contributed by atoms with Gasteiger partial charge in [-0.25, -0.2) is 9.78 Å². The van der Waals surface area contributed by atoms with Gasteiger partial charge in [0, 0.05) is 17.3 Å². The first kappa shape index (κ1) is 24.4. The zero-order valence-electron chi connectivity index (χ0n) is 21.5. The van der Waals surface area contributed by atoms with E-state index in [-0.39, 0.29) is 0 Å². The van der Waals surface area contributed by atoms with Crippen molar-refractivity contribution in [3.63, 3.8) is 0 Å². The van der Waals surface area contributed by atoms with Crippen LogP contribution in [-0.2, 0) is 10.3 Å². The van der Waals surface area contributed by atoms with Crippen molar-refractivity contribution in [1.29, 1.82) is 5.26 Å². The van der Waals surface area contributed by atoms with Gasteiger partial charge in [0.25, 0.3) is 0 Å². The molecule has 2 aromatic carbocycles. The predicted molar refractivity (Wildman–Crippen MR) is 142 cm³/mol. The summed E-state index contributed by atoms with van der Waals surface area (Å²) in [6.07, 6.45) is 4.25. The van der Waals surface area contributed by atoms with Gasteiger partial charge in [-0.05, 0) is 51.7 Å². The smallest absolute Gasteiger partial charge is 0.408 e. The average Bonchev–Trinajstić information content (AvgIpc) is 3.25. The number of nitrogens with zero attached hydrogens (tertiary/aromatic N) is 3. The number of amides is 1. The Morgan fingerprint density at radius 1 is 1.05 bits per heavy atom. The SMILES string of the molecule is COc1ccn2c(-c3ccccc3)c(-c3ccc(C4(NC(=O)OC(C)(C)C)CCC4)cc3)nc2c1C#N. The van der Waals surface area contributed by atoms with Crippen LogP contribution in [0.15, 0.2) is 66.9 Å². The van der Waals surface area contributed by atoms with E-state index in [9.17, 15) is 10.1 Å². The Bertz CT molecular complexity index is 1490. The van der Waals surface area contributed by atoms with E-state index in [1.807, 2.05) is 73.8 Å². The van der Waals surface area contributed by atoms with Gasteiger partial charge in [-0.3, -0.25) is 4.40 Å². The standard InChI is InChI=1S/C30H30N4O3/c1-29(2,3)37-28(35)33-30(16-8-17-30)22-13-11-20(12-14-22)25-26(21-9-6-5-7-10-21)34-18-15-24(36-4)23(19-31)27(34)32-25/h5-7,9-15,18H,8,16-17H2,1-4H3,(H,33,35). The van der Waals surface area contributed by atoms with Crippen LogP contribution < -0.4 is 10.1 Å². The van der Waals surface area contributed by atoms with Gasteiger partial charge < -0.3 is 14.8 Å². The molecule has 1 aliphatic rings. The Hall–Kier alpha value is -4.31. The van der Waals surface area contributed by atoms with Crippen LogP contribution in [0.25, 0.3) is 28.2 Å². The molecule has 1 aliphatic carbocycles. The van der Waals surface area contributed by atoms with Crippen molar-refractivity contribution in [2.75, 3.05) is 7.11 Å². The Morgan fingerprint density at radius 2 is 1.76 bits per heavy atom. The quantitative estimate of drug-likeness (QED) is 0.344. The number of methoxy groups -OCH3 is 1. The van der Waals surface area contributed by atoms with Crippen molar-refractivity contribution in [1.82, 2.24) is 14.7 Å². The predicted octanol–water partition coefficient (Wildman–Crippen LogP) is 6.45. The molecule has 7 heteroatoms. The molecule has 0 saturated heterocycles. The fourth-order valence-electron chi connectivity index (χ4n) is 4.90. The molecule has 0 unspecified atom stereocenters. The van der Waals surface area contributed by atoms with Crippen LogP contribution in [0.4, 0.5) is 4.79 Å². The summed E-state index contributed by atoms with van der Waals surface area (Å²) in [4.78, 5) is 17.5. The number of rotatable bonds is 5. The van der Waals surface area contributed by atoms with Gasteiger partial charge in [-0.1, -0.05) is 54.6 Å². The zero-order valence-corrected chi connectivity index (χ0v) is 21.5. The number of fused-ring (bicyclic) bond motifs is 1. The van der Waals surface area contributed by atoms with E-state index in [4.69, 9.17) is 14.5 Å². The minimum Gasteiger partial charge on any atom is -0.495 e. The number of nitriles is 1. The number of hydrogen-bond acceptors (Lipinski definition) is 5. The third-order valence-corrected chi connectivity index (χ3v) is 6.79. The Balaban J connectivity index is 1.57. The number of aromatic nitrogens is 2. The molecule has 0 aliphatic heterocycles. The van der Waals surface area contributed by atoms with Crippen molar-refractivity contribution in [3.05, 3.63) is 78.0 Å². The van der Waals surface area contributed by atoms with Crippen LogP contribution in [-0.4, -0.2) is 28.2 Å². The van der Waals surface area contributed by atoms with Crippen LogP contribution >= 0.6 is 0 Å². The molecule has 1 fully saturated rings. The van der Waals surface area contributed by atoms with Crippen molar-refractivity contribution in [3.8, 4) is 34.3 Å². The fraction of sp³-hybridized carbons (Fsp3) is 0.300. The summed E-state index contributed by atoms with van der Waals surface area (Å²) in [5, 5.41) is 13.0. The lowest BCUT2D eigenvalue weighted by molar-refractivity contribution is 0.0377. The van der Waals surface area contributed by atoms with Gasteiger partial charge in [-0.15, -0.1) is 0 Å². The molecule has 0 bridgehead atoms. The molecule has 0 atom stereocenters. The summed E-state index contributed by atoms with van der Waals surface area (Å²) < 4.78 is 12.9. The molecule has 4 aromatic rings. The lowest BCUT2D eigenvalue weighted by Gasteiger charge is -2.43. The summed E-state index contributed by atoms with van der Waals surface area (Å²) in [6.45, 7) is 5.59. The second-order valence-corrected chi connectivity index (χ2v) is 10.4. The maximum absolute atomic E-state index is 12.6. The molecule has 2 aromatic heterocycles.